The van der Waals surface area contributed by atoms with Crippen LogP contribution in [0.1, 0.15) is 18.9 Å². The minimum atomic E-state index is -0.185. The first kappa shape index (κ1) is 14.3. The van der Waals surface area contributed by atoms with Gasteiger partial charge in [-0.1, -0.05) is 19.1 Å². The zero-order chi connectivity index (χ0) is 12.8. The van der Waals surface area contributed by atoms with Gasteiger partial charge >= 0.3 is 0 Å². The number of nitrogens with two attached hydrogens (primary N) is 1. The second-order valence-corrected chi connectivity index (χ2v) is 4.99. The van der Waals surface area contributed by atoms with E-state index in [1.54, 1.807) is 17.8 Å². The molecule has 0 aliphatic rings. The van der Waals surface area contributed by atoms with E-state index in [4.69, 9.17) is 5.73 Å². The molecule has 0 saturated carbocycles. The van der Waals surface area contributed by atoms with Crippen molar-refractivity contribution >= 4 is 17.4 Å². The predicted octanol–water partition coefficient (Wildman–Crippen LogP) is 2.86. The van der Waals surface area contributed by atoms with Crippen LogP contribution in [0.4, 0.5) is 10.1 Å². The van der Waals surface area contributed by atoms with Crippen molar-refractivity contribution in [2.24, 2.45) is 5.73 Å². The lowest BCUT2D eigenvalue weighted by Gasteiger charge is -2.30. The third kappa shape index (κ3) is 3.36. The normalized spacial score (nSPS) is 12.5. The molecular formula is C13H21FN2S. The van der Waals surface area contributed by atoms with E-state index < -0.39 is 0 Å². The first-order valence-corrected chi connectivity index (χ1v) is 7.24. The Kier molecular flexibility index (Phi) is 5.78. The number of benzene rings is 1. The predicted molar refractivity (Wildman–Crippen MR) is 75.2 cm³/mol. The van der Waals surface area contributed by atoms with Crippen LogP contribution in [0.15, 0.2) is 18.2 Å². The van der Waals surface area contributed by atoms with Gasteiger partial charge in [-0.25, -0.2) is 4.39 Å². The summed E-state index contributed by atoms with van der Waals surface area (Å²) in [5, 5.41) is 0. The summed E-state index contributed by atoms with van der Waals surface area (Å²) in [6.45, 7) is 2.49. The van der Waals surface area contributed by atoms with Crippen molar-refractivity contribution in [1.29, 1.82) is 0 Å². The summed E-state index contributed by atoms with van der Waals surface area (Å²) >= 11 is 1.78. The number of anilines is 1. The Bertz CT molecular complexity index is 357. The van der Waals surface area contributed by atoms with E-state index in [0.717, 1.165) is 17.7 Å². The van der Waals surface area contributed by atoms with Gasteiger partial charge < -0.3 is 10.6 Å². The second kappa shape index (κ2) is 6.87. The third-order valence-corrected chi connectivity index (χ3v) is 3.74. The average molecular weight is 256 g/mol. The fraction of sp³-hybridized carbons (Fsp3) is 0.538. The molecule has 0 heterocycles. The highest BCUT2D eigenvalue weighted by molar-refractivity contribution is 7.98. The highest BCUT2D eigenvalue weighted by Gasteiger charge is 2.18. The van der Waals surface area contributed by atoms with Gasteiger partial charge in [0.25, 0.3) is 0 Å². The zero-order valence-electron chi connectivity index (χ0n) is 10.7. The maximum Gasteiger partial charge on any atom is 0.146 e. The number of para-hydroxylation sites is 1. The first-order valence-electron chi connectivity index (χ1n) is 5.84. The van der Waals surface area contributed by atoms with E-state index in [1.165, 1.54) is 6.07 Å². The fourth-order valence-corrected chi connectivity index (χ4v) is 2.84. The van der Waals surface area contributed by atoms with Crippen molar-refractivity contribution in [1.82, 2.24) is 0 Å². The van der Waals surface area contributed by atoms with Gasteiger partial charge in [-0.15, -0.1) is 0 Å². The van der Waals surface area contributed by atoms with E-state index in [1.807, 2.05) is 18.0 Å². The van der Waals surface area contributed by atoms with Crippen molar-refractivity contribution in [3.05, 3.63) is 29.6 Å². The van der Waals surface area contributed by atoms with Gasteiger partial charge in [0.15, 0.2) is 0 Å². The van der Waals surface area contributed by atoms with Crippen LogP contribution in [0.2, 0.25) is 0 Å². The molecule has 1 aromatic carbocycles. The van der Waals surface area contributed by atoms with Gasteiger partial charge in [0.1, 0.15) is 5.82 Å². The second-order valence-electron chi connectivity index (χ2n) is 4.08. The zero-order valence-corrected chi connectivity index (χ0v) is 11.6. The van der Waals surface area contributed by atoms with Crippen LogP contribution in [0.3, 0.4) is 0 Å². The number of hydrogen-bond donors (Lipinski definition) is 1. The number of nitrogens with zero attached hydrogens (tertiary/aromatic N) is 1. The molecule has 2 nitrogen and oxygen atoms in total. The Morgan fingerprint density at radius 3 is 2.71 bits per heavy atom. The largest absolute Gasteiger partial charge is 0.368 e. The van der Waals surface area contributed by atoms with Crippen LogP contribution in [-0.4, -0.2) is 25.1 Å². The summed E-state index contributed by atoms with van der Waals surface area (Å²) in [7, 11) is 1.95. The van der Waals surface area contributed by atoms with E-state index in [9.17, 15) is 4.39 Å². The Morgan fingerprint density at radius 2 is 2.18 bits per heavy atom. The number of thioether (sulfide) groups is 1. The van der Waals surface area contributed by atoms with Crippen LogP contribution in [0, 0.1) is 5.82 Å². The van der Waals surface area contributed by atoms with Gasteiger partial charge in [0, 0.05) is 25.4 Å². The number of rotatable bonds is 6. The molecule has 1 unspecified atom stereocenters. The highest BCUT2D eigenvalue weighted by atomic mass is 32.2. The lowest BCUT2D eigenvalue weighted by molar-refractivity contribution is 0.599. The smallest absolute Gasteiger partial charge is 0.146 e. The molecule has 4 heteroatoms. The average Bonchev–Trinajstić information content (AvgIpc) is 2.34. The fourth-order valence-electron chi connectivity index (χ4n) is 2.00. The molecule has 0 aliphatic carbocycles. The van der Waals surface area contributed by atoms with Crippen LogP contribution in [0.5, 0.6) is 0 Å². The van der Waals surface area contributed by atoms with Crippen molar-refractivity contribution in [3.8, 4) is 0 Å². The molecule has 17 heavy (non-hydrogen) atoms. The Labute approximate surface area is 107 Å². The Hall–Kier alpha value is -0.740. The molecule has 0 aromatic heterocycles. The van der Waals surface area contributed by atoms with Gasteiger partial charge in [0.2, 0.25) is 0 Å². The maximum absolute atomic E-state index is 13.9. The van der Waals surface area contributed by atoms with Gasteiger partial charge in [-0.2, -0.15) is 11.8 Å². The molecule has 1 aromatic rings. The molecule has 2 N–H and O–H groups in total. The Morgan fingerprint density at radius 1 is 1.47 bits per heavy atom. The maximum atomic E-state index is 13.9. The number of hydrogen-bond acceptors (Lipinski definition) is 3. The van der Waals surface area contributed by atoms with Crippen LogP contribution in [-0.2, 0) is 6.54 Å². The summed E-state index contributed by atoms with van der Waals surface area (Å²) in [6.07, 6.45) is 3.07. The summed E-state index contributed by atoms with van der Waals surface area (Å²) in [5.41, 5.74) is 7.19. The standard InChI is InChI=1S/C13H21FN2S/c1-4-11(9-17-3)16(2)13-10(8-15)6-5-7-12(13)14/h5-7,11H,4,8-9,15H2,1-3H3. The molecule has 0 amide bonds. The molecular weight excluding hydrogens is 235 g/mol. The lowest BCUT2D eigenvalue weighted by atomic mass is 10.1. The van der Waals surface area contributed by atoms with E-state index >= 15 is 0 Å². The minimum absolute atomic E-state index is 0.185. The van der Waals surface area contributed by atoms with Crippen molar-refractivity contribution in [3.63, 3.8) is 0 Å². The lowest BCUT2D eigenvalue weighted by Crippen LogP contribution is -2.34. The van der Waals surface area contributed by atoms with Gasteiger partial charge in [0.05, 0.1) is 5.69 Å². The van der Waals surface area contributed by atoms with Gasteiger partial charge in [-0.05, 0) is 24.3 Å². The molecule has 1 rings (SSSR count). The monoisotopic (exact) mass is 256 g/mol. The van der Waals surface area contributed by atoms with Gasteiger partial charge in [-0.3, -0.25) is 0 Å². The first-order chi connectivity index (χ1) is 8.15. The molecule has 0 radical (unpaired) electrons. The summed E-state index contributed by atoms with van der Waals surface area (Å²) in [5.74, 6) is 0.806. The molecule has 96 valence electrons. The highest BCUT2D eigenvalue weighted by Crippen LogP contribution is 2.26. The van der Waals surface area contributed by atoms with Crippen LogP contribution in [0.25, 0.3) is 0 Å². The van der Waals surface area contributed by atoms with Crippen LogP contribution < -0.4 is 10.6 Å². The van der Waals surface area contributed by atoms with Crippen molar-refractivity contribution in [2.45, 2.75) is 25.9 Å². The van der Waals surface area contributed by atoms with E-state index in [2.05, 4.69) is 13.2 Å². The quantitative estimate of drug-likeness (QED) is 0.848. The summed E-state index contributed by atoms with van der Waals surface area (Å²) < 4.78 is 13.9. The molecule has 1 atom stereocenters. The molecule has 0 fully saturated rings. The Balaban J connectivity index is 3.04. The van der Waals surface area contributed by atoms with Crippen LogP contribution >= 0.6 is 11.8 Å². The van der Waals surface area contributed by atoms with E-state index in [0.29, 0.717) is 18.3 Å². The summed E-state index contributed by atoms with van der Waals surface area (Å²) in [4.78, 5) is 2.02. The summed E-state index contributed by atoms with van der Waals surface area (Å²) in [6, 6.07) is 5.44. The molecule has 0 spiro atoms. The van der Waals surface area contributed by atoms with E-state index in [-0.39, 0.29) is 5.82 Å². The molecule has 0 saturated heterocycles. The molecule has 0 bridgehead atoms. The topological polar surface area (TPSA) is 29.3 Å². The van der Waals surface area contributed by atoms with Crippen molar-refractivity contribution < 1.29 is 4.39 Å². The SMILES string of the molecule is CCC(CSC)N(C)c1c(F)cccc1CN. The van der Waals surface area contributed by atoms with Crippen molar-refractivity contribution in [2.75, 3.05) is 24.0 Å². The third-order valence-electron chi connectivity index (χ3n) is 3.02. The number of halogens is 1. The minimum Gasteiger partial charge on any atom is -0.368 e. The molecule has 0 aliphatic heterocycles.